The third-order valence-corrected chi connectivity index (χ3v) is 9.41. The number of aliphatic hydroxyl groups excluding tert-OH is 6. The maximum absolute atomic E-state index is 12.7. The number of hydrogen-bond acceptors (Lipinski definition) is 16. The summed E-state index contributed by atoms with van der Waals surface area (Å²) in [6.45, 7) is 1.57. The zero-order valence-corrected chi connectivity index (χ0v) is 26.0. The summed E-state index contributed by atoms with van der Waals surface area (Å²) in [7, 11) is 0. The molecule has 3 saturated heterocycles. The van der Waals surface area contributed by atoms with E-state index < -0.39 is 122 Å². The summed E-state index contributed by atoms with van der Waals surface area (Å²) in [6.07, 6.45) is -11.3. The first-order valence-corrected chi connectivity index (χ1v) is 15.7. The Bertz CT molecular complexity index is 1350. The van der Waals surface area contributed by atoms with Gasteiger partial charge in [0.05, 0.1) is 37.6 Å². The molecule has 16 atom stereocenters. The lowest BCUT2D eigenvalue weighted by atomic mass is 9.85. The fourth-order valence-corrected chi connectivity index (χ4v) is 6.96. The van der Waals surface area contributed by atoms with Gasteiger partial charge in [-0.05, 0) is 24.6 Å². The number of aliphatic hydroxyl groups is 6. The molecular formula is C32H40O16. The van der Waals surface area contributed by atoms with Crippen LogP contribution in [0.5, 0.6) is 0 Å². The largest absolute Gasteiger partial charge is 0.472 e. The first-order valence-electron chi connectivity index (χ1n) is 15.7. The molecule has 16 nitrogen and oxygen atoms in total. The van der Waals surface area contributed by atoms with Gasteiger partial charge in [-0.15, -0.1) is 0 Å². The molecule has 0 bridgehead atoms. The lowest BCUT2D eigenvalue weighted by Gasteiger charge is -2.44. The highest BCUT2D eigenvalue weighted by molar-refractivity contribution is 5.87. The van der Waals surface area contributed by atoms with Crippen molar-refractivity contribution in [3.63, 3.8) is 0 Å². The van der Waals surface area contributed by atoms with Gasteiger partial charge in [0.15, 0.2) is 24.8 Å². The molecule has 6 rings (SSSR count). The van der Waals surface area contributed by atoms with E-state index in [4.69, 9.17) is 37.9 Å². The van der Waals surface area contributed by atoms with Crippen LogP contribution < -0.4 is 0 Å². The van der Waals surface area contributed by atoms with Gasteiger partial charge in [0.25, 0.3) is 0 Å². The predicted octanol–water partition coefficient (Wildman–Crippen LogP) is -1.90. The zero-order chi connectivity index (χ0) is 34.3. The van der Waals surface area contributed by atoms with Gasteiger partial charge in [-0.2, -0.15) is 0 Å². The average Bonchev–Trinajstić information content (AvgIpc) is 3.75. The Labute approximate surface area is 275 Å². The van der Waals surface area contributed by atoms with Gasteiger partial charge in [-0.3, -0.25) is 4.79 Å². The van der Waals surface area contributed by atoms with Crippen LogP contribution in [0.3, 0.4) is 0 Å². The van der Waals surface area contributed by atoms with Crippen LogP contribution in [0.15, 0.2) is 48.7 Å². The van der Waals surface area contributed by atoms with E-state index in [1.807, 2.05) is 18.2 Å². The van der Waals surface area contributed by atoms with Crippen LogP contribution in [-0.4, -0.2) is 141 Å². The van der Waals surface area contributed by atoms with Gasteiger partial charge in [0, 0.05) is 18.9 Å². The number of benzene rings is 1. The Hall–Kier alpha value is -3.00. The van der Waals surface area contributed by atoms with Gasteiger partial charge >= 0.3 is 11.9 Å². The summed E-state index contributed by atoms with van der Waals surface area (Å²) in [4.78, 5) is 24.8. The number of carbonyl (C=O) groups is 2. The molecule has 4 heterocycles. The Kier molecular flexibility index (Phi) is 10.2. The van der Waals surface area contributed by atoms with Crippen LogP contribution in [0.2, 0.25) is 0 Å². The van der Waals surface area contributed by atoms with Crippen LogP contribution in [-0.2, 0) is 47.5 Å². The predicted molar refractivity (Wildman–Crippen MR) is 157 cm³/mol. The Morgan fingerprint density at radius 2 is 1.60 bits per heavy atom. The van der Waals surface area contributed by atoms with Crippen LogP contribution in [0.4, 0.5) is 0 Å². The molecule has 0 aromatic heterocycles. The maximum Gasteiger partial charge on any atom is 0.331 e. The van der Waals surface area contributed by atoms with Gasteiger partial charge in [0.2, 0.25) is 6.29 Å². The molecule has 6 N–H and O–H groups in total. The highest BCUT2D eigenvalue weighted by Crippen LogP contribution is 2.61. The molecule has 4 aliphatic heterocycles. The summed E-state index contributed by atoms with van der Waals surface area (Å²) in [6, 6.07) is 9.04. The van der Waals surface area contributed by atoms with E-state index in [0.29, 0.717) is 0 Å². The van der Waals surface area contributed by atoms with E-state index in [9.17, 15) is 40.2 Å². The van der Waals surface area contributed by atoms with Gasteiger partial charge in [-0.1, -0.05) is 30.3 Å². The molecule has 1 aromatic carbocycles. The minimum Gasteiger partial charge on any atom is -0.472 e. The molecule has 48 heavy (non-hydrogen) atoms. The van der Waals surface area contributed by atoms with Crippen molar-refractivity contribution in [1.82, 2.24) is 0 Å². The summed E-state index contributed by atoms with van der Waals surface area (Å²) >= 11 is 0. The van der Waals surface area contributed by atoms with Crippen molar-refractivity contribution in [3.8, 4) is 0 Å². The van der Waals surface area contributed by atoms with E-state index >= 15 is 0 Å². The SMILES string of the molecule is CC(=O)O[C@H]1[C@H](O)[C@H](O[C@H]2C3C=COC(O[C@@H]4O[C@H](CO)[C@@H](O)[C@H](O)[C@H]4O)C3[C@@]3(CO)O[C@@H]23)O[C@H](C)[C@@H]1OC(=O)/C=C/c1ccccc1. The number of rotatable bonds is 10. The molecule has 4 fully saturated rings. The van der Waals surface area contributed by atoms with Gasteiger partial charge in [-0.25, -0.2) is 4.79 Å². The molecule has 3 unspecified atom stereocenters. The highest BCUT2D eigenvalue weighted by atomic mass is 16.8. The van der Waals surface area contributed by atoms with Crippen LogP contribution in [0, 0.1) is 11.8 Å². The van der Waals surface area contributed by atoms with E-state index in [1.54, 1.807) is 31.2 Å². The molecule has 0 spiro atoms. The first-order chi connectivity index (χ1) is 23.0. The molecule has 0 radical (unpaired) electrons. The van der Waals surface area contributed by atoms with Crippen LogP contribution in [0.25, 0.3) is 6.08 Å². The number of epoxide rings is 1. The Morgan fingerprint density at radius 1 is 0.875 bits per heavy atom. The fraction of sp³-hybridized carbons (Fsp3) is 0.625. The topological polar surface area (TPSA) is 233 Å². The number of esters is 2. The molecule has 1 aliphatic carbocycles. The van der Waals surface area contributed by atoms with E-state index in [1.165, 1.54) is 12.3 Å². The van der Waals surface area contributed by atoms with Gasteiger partial charge in [0.1, 0.15) is 42.2 Å². The Morgan fingerprint density at radius 3 is 2.29 bits per heavy atom. The van der Waals surface area contributed by atoms with Crippen molar-refractivity contribution < 1.29 is 78.1 Å². The van der Waals surface area contributed by atoms with Crippen molar-refractivity contribution in [2.24, 2.45) is 11.8 Å². The number of ether oxygens (including phenoxy) is 8. The number of hydrogen-bond donors (Lipinski definition) is 6. The van der Waals surface area contributed by atoms with E-state index in [-0.39, 0.29) is 0 Å². The monoisotopic (exact) mass is 680 g/mol. The van der Waals surface area contributed by atoms with Crippen molar-refractivity contribution in [2.45, 2.75) is 99.4 Å². The molecule has 16 heteroatoms. The van der Waals surface area contributed by atoms with Gasteiger partial charge < -0.3 is 68.5 Å². The first kappa shape index (κ1) is 34.8. The summed E-state index contributed by atoms with van der Waals surface area (Å²) in [5.41, 5.74) is -0.478. The molecule has 1 saturated carbocycles. The summed E-state index contributed by atoms with van der Waals surface area (Å²) in [5, 5.41) is 62.2. The fourth-order valence-electron chi connectivity index (χ4n) is 6.96. The Balaban J connectivity index is 1.16. The third-order valence-electron chi connectivity index (χ3n) is 9.41. The van der Waals surface area contributed by atoms with Crippen LogP contribution in [0.1, 0.15) is 19.4 Å². The summed E-state index contributed by atoms with van der Waals surface area (Å²) in [5.74, 6) is -2.82. The quantitative estimate of drug-likeness (QED) is 0.0900. The lowest BCUT2D eigenvalue weighted by Crippen LogP contribution is -2.61. The second-order valence-corrected chi connectivity index (χ2v) is 12.4. The minimum absolute atomic E-state index is 0.487. The van der Waals surface area contributed by atoms with Crippen molar-refractivity contribution >= 4 is 18.0 Å². The second-order valence-electron chi connectivity index (χ2n) is 12.4. The van der Waals surface area contributed by atoms with E-state index in [0.717, 1.165) is 12.5 Å². The smallest absolute Gasteiger partial charge is 0.331 e. The van der Waals surface area contributed by atoms with Crippen molar-refractivity contribution in [2.75, 3.05) is 13.2 Å². The second kappa shape index (κ2) is 14.1. The number of carbonyl (C=O) groups excluding carboxylic acids is 2. The highest BCUT2D eigenvalue weighted by Gasteiger charge is 2.77. The lowest BCUT2D eigenvalue weighted by molar-refractivity contribution is -0.347. The normalized spacial score (nSPS) is 44.8. The molecule has 264 valence electrons. The van der Waals surface area contributed by atoms with Crippen molar-refractivity contribution in [1.29, 1.82) is 0 Å². The van der Waals surface area contributed by atoms with Crippen LogP contribution >= 0.6 is 0 Å². The zero-order valence-electron chi connectivity index (χ0n) is 26.0. The number of fused-ring (bicyclic) bond motifs is 3. The summed E-state index contributed by atoms with van der Waals surface area (Å²) < 4.78 is 46.2. The van der Waals surface area contributed by atoms with E-state index in [2.05, 4.69) is 0 Å². The molecule has 5 aliphatic rings. The molecule has 0 amide bonds. The average molecular weight is 681 g/mol. The standard InChI is InChI=1S/C32H40O16/c1-14-25(45-19(36)9-8-16-6-4-3-5-7-16)27(43-15(2)35)24(40)31(42-14)46-26-17-10-11-41-29(20(17)32(13-34)28(26)48-32)47-30-23(39)22(38)21(37)18(12-33)44-30/h3-11,14,17-18,20-31,33-34,37-40H,12-13H2,1-2H3/b9-8+/t14-,17?,18-,20?,21-,22+,23-,24+,25+,26+,27+,28+,29?,30+,31+,32-/m1/s1. The molecular weight excluding hydrogens is 640 g/mol. The third kappa shape index (κ3) is 6.50. The minimum atomic E-state index is -1.70. The molecule has 1 aromatic rings. The maximum atomic E-state index is 12.7. The van der Waals surface area contributed by atoms with Crippen molar-refractivity contribution in [3.05, 3.63) is 54.3 Å².